The zero-order valence-electron chi connectivity index (χ0n) is 24.9. The van der Waals surface area contributed by atoms with Crippen molar-refractivity contribution < 1.29 is 29.0 Å². The number of carboxylic acids is 1. The van der Waals surface area contributed by atoms with Gasteiger partial charge in [-0.05, 0) is 47.4 Å². The van der Waals surface area contributed by atoms with E-state index in [4.69, 9.17) is 21.1 Å². The summed E-state index contributed by atoms with van der Waals surface area (Å²) in [5.41, 5.74) is 3.90. The average Bonchev–Trinajstić information content (AvgIpc) is 2.89. The summed E-state index contributed by atoms with van der Waals surface area (Å²) < 4.78 is 11.8. The van der Waals surface area contributed by atoms with Gasteiger partial charge < -0.3 is 19.5 Å². The first-order valence-electron chi connectivity index (χ1n) is 14.4. The Hall–Kier alpha value is -3.58. The number of rotatable bonds is 8. The van der Waals surface area contributed by atoms with Crippen LogP contribution in [0.25, 0.3) is 0 Å². The van der Waals surface area contributed by atoms with Gasteiger partial charge in [-0.2, -0.15) is 0 Å². The highest BCUT2D eigenvalue weighted by atomic mass is 35.5. The van der Waals surface area contributed by atoms with Gasteiger partial charge >= 0.3 is 5.97 Å². The van der Waals surface area contributed by atoms with Crippen LogP contribution in [0.3, 0.4) is 0 Å². The Balaban J connectivity index is 1.63. The third-order valence-corrected chi connectivity index (χ3v) is 8.80. The van der Waals surface area contributed by atoms with E-state index in [0.717, 1.165) is 22.5 Å². The van der Waals surface area contributed by atoms with Crippen molar-refractivity contribution in [1.29, 1.82) is 0 Å². The van der Waals surface area contributed by atoms with Crippen molar-refractivity contribution in [3.63, 3.8) is 0 Å². The van der Waals surface area contributed by atoms with Crippen LogP contribution in [-0.4, -0.2) is 41.2 Å². The van der Waals surface area contributed by atoms with Gasteiger partial charge in [0.1, 0.15) is 6.61 Å². The quantitative estimate of drug-likeness (QED) is 0.350. The minimum absolute atomic E-state index is 0.00577. The number of carbonyl (C=O) groups is 3. The number of allylic oxidation sites excluding steroid dienone is 4. The second kappa shape index (κ2) is 11.3. The highest BCUT2D eigenvalue weighted by molar-refractivity contribution is 6.31. The molecule has 5 rings (SSSR count). The van der Waals surface area contributed by atoms with Gasteiger partial charge in [-0.3, -0.25) is 14.4 Å². The number of carbonyl (C=O) groups excluding carboxylic acids is 2. The number of nitrogens with zero attached hydrogens (tertiary/aromatic N) is 1. The first-order valence-corrected chi connectivity index (χ1v) is 14.7. The lowest BCUT2D eigenvalue weighted by molar-refractivity contribution is -0.137. The fourth-order valence-electron chi connectivity index (χ4n) is 6.61. The van der Waals surface area contributed by atoms with E-state index < -0.39 is 11.9 Å². The molecule has 0 atom stereocenters. The molecule has 7 nitrogen and oxygen atoms in total. The van der Waals surface area contributed by atoms with Crippen LogP contribution < -0.4 is 9.47 Å². The summed E-state index contributed by atoms with van der Waals surface area (Å²) in [6, 6.07) is 13.0. The van der Waals surface area contributed by atoms with Crippen molar-refractivity contribution in [3.8, 4) is 11.5 Å². The van der Waals surface area contributed by atoms with Crippen LogP contribution in [-0.2, 0) is 21.0 Å². The monoisotopic (exact) mass is 591 g/mol. The fourth-order valence-corrected chi connectivity index (χ4v) is 6.80. The molecule has 0 saturated carbocycles. The standard InChI is InChI=1S/C34H38ClNO6/c1-33(2)15-23-31(25(37)17-33)30(32-24(36(23)13-12-29(39)40)16-34(3,4)18-26(32)38)20-10-11-27(28(14-20)41-5)42-19-21-8-6-7-9-22(21)35/h6-11,14,30H,12-13,15-19H2,1-5H3,(H,39,40). The van der Waals surface area contributed by atoms with Crippen molar-refractivity contribution in [3.05, 3.63) is 81.2 Å². The summed E-state index contributed by atoms with van der Waals surface area (Å²) in [6.45, 7) is 8.72. The fraction of sp³-hybridized carbons (Fsp3) is 0.441. The number of hydrogen-bond acceptors (Lipinski definition) is 6. The molecule has 3 aliphatic rings. The maximum Gasteiger partial charge on any atom is 0.305 e. The van der Waals surface area contributed by atoms with Crippen molar-refractivity contribution in [2.45, 2.75) is 72.3 Å². The second-order valence-corrected chi connectivity index (χ2v) is 13.5. The Morgan fingerprint density at radius 1 is 0.929 bits per heavy atom. The van der Waals surface area contributed by atoms with E-state index in [9.17, 15) is 19.5 Å². The van der Waals surface area contributed by atoms with Crippen LogP contribution in [0.5, 0.6) is 11.5 Å². The van der Waals surface area contributed by atoms with Gasteiger partial charge in [0.2, 0.25) is 0 Å². The van der Waals surface area contributed by atoms with Crippen LogP contribution in [0.15, 0.2) is 65.0 Å². The summed E-state index contributed by atoms with van der Waals surface area (Å²) in [5, 5.41) is 10.2. The zero-order valence-corrected chi connectivity index (χ0v) is 25.6. The number of benzene rings is 2. The van der Waals surface area contributed by atoms with Gasteiger partial charge in [0, 0.05) is 58.4 Å². The number of aliphatic carboxylic acids is 1. The molecule has 222 valence electrons. The summed E-state index contributed by atoms with van der Waals surface area (Å²) in [4.78, 5) is 41.5. The third kappa shape index (κ3) is 5.84. The molecule has 1 aliphatic heterocycles. The zero-order chi connectivity index (χ0) is 30.4. The van der Waals surface area contributed by atoms with E-state index in [1.165, 1.54) is 0 Å². The van der Waals surface area contributed by atoms with Crippen LogP contribution in [0.1, 0.15) is 76.8 Å². The molecule has 0 spiro atoms. The maximum atomic E-state index is 13.9. The second-order valence-electron chi connectivity index (χ2n) is 13.1. The van der Waals surface area contributed by atoms with Crippen molar-refractivity contribution >= 4 is 29.1 Å². The van der Waals surface area contributed by atoms with Crippen molar-refractivity contribution in [2.75, 3.05) is 13.7 Å². The largest absolute Gasteiger partial charge is 0.493 e. The minimum atomic E-state index is -0.915. The lowest BCUT2D eigenvalue weighted by atomic mass is 9.63. The number of ether oxygens (including phenoxy) is 2. The van der Waals surface area contributed by atoms with Crippen LogP contribution in [0, 0.1) is 10.8 Å². The number of halogens is 1. The van der Waals surface area contributed by atoms with Crippen LogP contribution >= 0.6 is 11.6 Å². The molecule has 0 amide bonds. The van der Waals surface area contributed by atoms with E-state index in [2.05, 4.69) is 27.7 Å². The summed E-state index contributed by atoms with van der Waals surface area (Å²) >= 11 is 6.32. The molecular weight excluding hydrogens is 554 g/mol. The molecule has 2 aliphatic carbocycles. The SMILES string of the molecule is COc1cc(C2C3=C(CC(C)(C)CC3=O)N(CCC(=O)O)C3=C2C(=O)CC(C)(C)C3)ccc1OCc1ccccc1Cl. The summed E-state index contributed by atoms with van der Waals surface area (Å²) in [6.07, 6.45) is 1.85. The predicted molar refractivity (Wildman–Crippen MR) is 161 cm³/mol. The highest BCUT2D eigenvalue weighted by Crippen LogP contribution is 2.55. The first kappa shape index (κ1) is 29.9. The van der Waals surface area contributed by atoms with E-state index in [1.807, 2.05) is 47.4 Å². The summed E-state index contributed by atoms with van der Waals surface area (Å²) in [5.74, 6) is -0.473. The molecule has 0 bridgehead atoms. The molecule has 1 heterocycles. The molecule has 2 aromatic carbocycles. The Morgan fingerprint density at radius 3 is 2.07 bits per heavy atom. The van der Waals surface area contributed by atoms with Crippen LogP contribution in [0.2, 0.25) is 5.02 Å². The number of methoxy groups -OCH3 is 1. The Kier molecular flexibility index (Phi) is 8.01. The molecule has 0 aromatic heterocycles. The van der Waals surface area contributed by atoms with Gasteiger partial charge in [-0.1, -0.05) is 63.6 Å². The van der Waals surface area contributed by atoms with Crippen molar-refractivity contribution in [1.82, 2.24) is 4.90 Å². The first-order chi connectivity index (χ1) is 19.8. The smallest absolute Gasteiger partial charge is 0.305 e. The van der Waals surface area contributed by atoms with E-state index in [0.29, 0.717) is 53.4 Å². The lowest BCUT2D eigenvalue weighted by Crippen LogP contribution is -2.45. The number of ketones is 2. The van der Waals surface area contributed by atoms with E-state index in [1.54, 1.807) is 7.11 Å². The maximum absolute atomic E-state index is 13.9. The van der Waals surface area contributed by atoms with Gasteiger partial charge in [0.05, 0.1) is 13.5 Å². The molecule has 0 unspecified atom stereocenters. The number of Topliss-reactive ketones (excluding diaryl/α,β-unsaturated/α-hetero) is 2. The van der Waals surface area contributed by atoms with Crippen LogP contribution in [0.4, 0.5) is 0 Å². The topological polar surface area (TPSA) is 93.1 Å². The van der Waals surface area contributed by atoms with Gasteiger partial charge in [-0.15, -0.1) is 0 Å². The minimum Gasteiger partial charge on any atom is -0.493 e. The molecule has 0 radical (unpaired) electrons. The molecule has 2 aromatic rings. The van der Waals surface area contributed by atoms with E-state index >= 15 is 0 Å². The highest BCUT2D eigenvalue weighted by Gasteiger charge is 2.49. The third-order valence-electron chi connectivity index (χ3n) is 8.43. The van der Waals surface area contributed by atoms with Crippen molar-refractivity contribution in [2.24, 2.45) is 10.8 Å². The molecule has 1 N–H and O–H groups in total. The number of carboxylic acid groups (broad SMARTS) is 1. The lowest BCUT2D eigenvalue weighted by Gasteiger charge is -2.49. The normalized spacial score (nSPS) is 19.9. The van der Waals surface area contributed by atoms with E-state index in [-0.39, 0.29) is 42.0 Å². The molecular formula is C34H38ClNO6. The molecule has 8 heteroatoms. The Morgan fingerprint density at radius 2 is 1.52 bits per heavy atom. The number of hydrogen-bond donors (Lipinski definition) is 1. The molecule has 42 heavy (non-hydrogen) atoms. The van der Waals surface area contributed by atoms with Gasteiger partial charge in [-0.25, -0.2) is 0 Å². The summed E-state index contributed by atoms with van der Waals surface area (Å²) in [7, 11) is 1.56. The van der Waals surface area contributed by atoms with Gasteiger partial charge in [0.15, 0.2) is 23.1 Å². The molecule has 0 fully saturated rings. The molecule has 0 saturated heterocycles. The predicted octanol–water partition coefficient (Wildman–Crippen LogP) is 7.09. The Labute approximate surface area is 252 Å². The van der Waals surface area contributed by atoms with Gasteiger partial charge in [0.25, 0.3) is 0 Å². The Bertz CT molecular complexity index is 1460. The average molecular weight is 592 g/mol.